The maximum absolute atomic E-state index is 10.8. The summed E-state index contributed by atoms with van der Waals surface area (Å²) in [6.45, 7) is 8.98. The van der Waals surface area contributed by atoms with Crippen LogP contribution in [0.3, 0.4) is 0 Å². The molecule has 2 aromatic carbocycles. The van der Waals surface area contributed by atoms with Crippen molar-refractivity contribution in [2.24, 2.45) is 0 Å². The van der Waals surface area contributed by atoms with Crippen LogP contribution < -0.4 is 4.74 Å². The van der Waals surface area contributed by atoms with E-state index in [1.807, 2.05) is 12.1 Å². The van der Waals surface area contributed by atoms with Gasteiger partial charge >= 0.3 is 5.97 Å². The zero-order valence-electron chi connectivity index (χ0n) is 13.5. The second kappa shape index (κ2) is 6.22. The van der Waals surface area contributed by atoms with E-state index >= 15 is 0 Å². The lowest BCUT2D eigenvalue weighted by Gasteiger charge is -2.23. The first kappa shape index (κ1) is 16.1. The van der Waals surface area contributed by atoms with E-state index in [9.17, 15) is 4.79 Å². The highest BCUT2D eigenvalue weighted by atomic mass is 16.5. The van der Waals surface area contributed by atoms with Gasteiger partial charge in [-0.2, -0.15) is 0 Å². The van der Waals surface area contributed by atoms with Crippen LogP contribution in [-0.4, -0.2) is 11.1 Å². The van der Waals surface area contributed by atoms with Gasteiger partial charge in [0.05, 0.1) is 5.56 Å². The van der Waals surface area contributed by atoms with E-state index in [-0.39, 0.29) is 11.0 Å². The molecule has 0 fully saturated rings. The molecule has 0 bridgehead atoms. The topological polar surface area (TPSA) is 46.5 Å². The number of hydrogen-bond donors (Lipinski definition) is 1. The maximum Gasteiger partial charge on any atom is 0.335 e. The Morgan fingerprint density at radius 3 is 2.27 bits per heavy atom. The van der Waals surface area contributed by atoms with Gasteiger partial charge in [0.15, 0.2) is 0 Å². The van der Waals surface area contributed by atoms with E-state index in [1.165, 1.54) is 11.1 Å². The molecule has 0 unspecified atom stereocenters. The smallest absolute Gasteiger partial charge is 0.335 e. The van der Waals surface area contributed by atoms with Gasteiger partial charge in [0, 0.05) is 0 Å². The van der Waals surface area contributed by atoms with Crippen molar-refractivity contribution in [2.45, 2.75) is 39.7 Å². The Labute approximate surface area is 131 Å². The van der Waals surface area contributed by atoms with Gasteiger partial charge in [-0.15, -0.1) is 0 Å². The molecule has 2 aromatic rings. The Bertz CT molecular complexity index is 664. The van der Waals surface area contributed by atoms with Crippen molar-refractivity contribution in [3.63, 3.8) is 0 Å². The van der Waals surface area contributed by atoms with Crippen molar-refractivity contribution in [1.82, 2.24) is 0 Å². The fraction of sp³-hybridized carbons (Fsp3) is 0.316. The average molecular weight is 298 g/mol. The number of benzene rings is 2. The van der Waals surface area contributed by atoms with Gasteiger partial charge in [0.1, 0.15) is 12.4 Å². The minimum atomic E-state index is -0.916. The molecule has 116 valence electrons. The molecule has 2 rings (SSSR count). The van der Waals surface area contributed by atoms with Crippen LogP contribution in [0.15, 0.2) is 42.5 Å². The van der Waals surface area contributed by atoms with Crippen LogP contribution >= 0.6 is 0 Å². The standard InChI is InChI=1S/C19H22O3/c1-13-5-10-17(16(11-13)19(2,3)4)22-12-14-6-8-15(9-7-14)18(20)21/h5-11H,12H2,1-4H3,(H,20,21). The van der Waals surface area contributed by atoms with Crippen molar-refractivity contribution in [3.05, 3.63) is 64.7 Å². The van der Waals surface area contributed by atoms with Crippen LogP contribution in [0.1, 0.15) is 47.8 Å². The lowest BCUT2D eigenvalue weighted by molar-refractivity contribution is 0.0697. The minimum absolute atomic E-state index is 0.00845. The summed E-state index contributed by atoms with van der Waals surface area (Å²) in [4.78, 5) is 10.8. The quantitative estimate of drug-likeness (QED) is 0.899. The molecule has 0 spiro atoms. The summed E-state index contributed by atoms with van der Waals surface area (Å²) in [6.07, 6.45) is 0. The Kier molecular flexibility index (Phi) is 4.55. The third kappa shape index (κ3) is 3.88. The summed E-state index contributed by atoms with van der Waals surface area (Å²) < 4.78 is 5.96. The molecular weight excluding hydrogens is 276 g/mol. The van der Waals surface area contributed by atoms with Crippen molar-refractivity contribution in [3.8, 4) is 5.75 Å². The predicted molar refractivity (Wildman–Crippen MR) is 87.6 cm³/mol. The molecule has 0 atom stereocenters. The fourth-order valence-electron chi connectivity index (χ4n) is 2.26. The number of aryl methyl sites for hydroxylation is 1. The fourth-order valence-corrected chi connectivity index (χ4v) is 2.26. The molecule has 3 nitrogen and oxygen atoms in total. The summed E-state index contributed by atoms with van der Waals surface area (Å²) in [6, 6.07) is 13.0. The maximum atomic E-state index is 10.8. The van der Waals surface area contributed by atoms with Crippen LogP contribution in [0.5, 0.6) is 5.75 Å². The number of carboxylic acids is 1. The lowest BCUT2D eigenvalue weighted by Crippen LogP contribution is -2.13. The molecule has 0 aliphatic rings. The van der Waals surface area contributed by atoms with Gasteiger partial charge in [0.25, 0.3) is 0 Å². The first-order valence-electron chi connectivity index (χ1n) is 7.33. The van der Waals surface area contributed by atoms with E-state index in [1.54, 1.807) is 24.3 Å². The first-order chi connectivity index (χ1) is 10.3. The number of rotatable bonds is 4. The number of ether oxygens (including phenoxy) is 1. The summed E-state index contributed by atoms with van der Waals surface area (Å²) in [5, 5.41) is 8.90. The van der Waals surface area contributed by atoms with Crippen molar-refractivity contribution >= 4 is 5.97 Å². The lowest BCUT2D eigenvalue weighted by atomic mass is 9.85. The monoisotopic (exact) mass is 298 g/mol. The molecule has 22 heavy (non-hydrogen) atoms. The van der Waals surface area contributed by atoms with E-state index in [0.717, 1.165) is 11.3 Å². The van der Waals surface area contributed by atoms with E-state index in [0.29, 0.717) is 6.61 Å². The summed E-state index contributed by atoms with van der Waals surface area (Å²) in [7, 11) is 0. The number of aromatic carboxylic acids is 1. The van der Waals surface area contributed by atoms with Gasteiger partial charge < -0.3 is 9.84 Å². The van der Waals surface area contributed by atoms with Crippen LogP contribution in [0, 0.1) is 6.92 Å². The molecule has 0 aromatic heterocycles. The Balaban J connectivity index is 2.16. The largest absolute Gasteiger partial charge is 0.489 e. The third-order valence-electron chi connectivity index (χ3n) is 3.54. The highest BCUT2D eigenvalue weighted by molar-refractivity contribution is 5.87. The zero-order chi connectivity index (χ0) is 16.3. The second-order valence-corrected chi connectivity index (χ2v) is 6.54. The Hall–Kier alpha value is -2.29. The van der Waals surface area contributed by atoms with Crippen molar-refractivity contribution in [1.29, 1.82) is 0 Å². The molecule has 0 saturated carbocycles. The zero-order valence-corrected chi connectivity index (χ0v) is 13.5. The highest BCUT2D eigenvalue weighted by Gasteiger charge is 2.19. The van der Waals surface area contributed by atoms with E-state index in [2.05, 4.69) is 33.8 Å². The summed E-state index contributed by atoms with van der Waals surface area (Å²) in [5.74, 6) is -0.0403. The summed E-state index contributed by atoms with van der Waals surface area (Å²) in [5.41, 5.74) is 3.63. The van der Waals surface area contributed by atoms with Gasteiger partial charge in [0.2, 0.25) is 0 Å². The van der Waals surface area contributed by atoms with Crippen LogP contribution in [0.25, 0.3) is 0 Å². The van der Waals surface area contributed by atoms with Crippen LogP contribution in [0.2, 0.25) is 0 Å². The molecule has 0 aliphatic carbocycles. The number of carbonyl (C=O) groups is 1. The predicted octanol–water partition coefficient (Wildman–Crippen LogP) is 4.57. The SMILES string of the molecule is Cc1ccc(OCc2ccc(C(=O)O)cc2)c(C(C)(C)C)c1. The molecule has 0 radical (unpaired) electrons. The molecule has 0 saturated heterocycles. The molecule has 0 aliphatic heterocycles. The molecule has 0 amide bonds. The normalized spacial score (nSPS) is 11.3. The van der Waals surface area contributed by atoms with Crippen molar-refractivity contribution in [2.75, 3.05) is 0 Å². The van der Waals surface area contributed by atoms with Gasteiger partial charge in [-0.05, 0) is 41.7 Å². The number of hydrogen-bond acceptors (Lipinski definition) is 2. The van der Waals surface area contributed by atoms with Gasteiger partial charge in [-0.3, -0.25) is 0 Å². The van der Waals surface area contributed by atoms with Crippen molar-refractivity contribution < 1.29 is 14.6 Å². The average Bonchev–Trinajstić information content (AvgIpc) is 2.45. The molecule has 1 N–H and O–H groups in total. The van der Waals surface area contributed by atoms with Gasteiger partial charge in [-0.1, -0.05) is 50.6 Å². The van der Waals surface area contributed by atoms with Gasteiger partial charge in [-0.25, -0.2) is 4.79 Å². The first-order valence-corrected chi connectivity index (χ1v) is 7.33. The Morgan fingerprint density at radius 1 is 1.09 bits per heavy atom. The molecular formula is C19H22O3. The van der Waals surface area contributed by atoms with E-state index in [4.69, 9.17) is 9.84 Å². The minimum Gasteiger partial charge on any atom is -0.489 e. The molecule has 3 heteroatoms. The highest BCUT2D eigenvalue weighted by Crippen LogP contribution is 2.32. The molecule has 0 heterocycles. The summed E-state index contributed by atoms with van der Waals surface area (Å²) >= 11 is 0. The van der Waals surface area contributed by atoms with Crippen LogP contribution in [-0.2, 0) is 12.0 Å². The third-order valence-corrected chi connectivity index (χ3v) is 3.54. The Morgan fingerprint density at radius 2 is 1.73 bits per heavy atom. The van der Waals surface area contributed by atoms with Crippen LogP contribution in [0.4, 0.5) is 0 Å². The second-order valence-electron chi connectivity index (χ2n) is 6.54. The van der Waals surface area contributed by atoms with E-state index < -0.39 is 5.97 Å². The number of carboxylic acid groups (broad SMARTS) is 1.